The van der Waals surface area contributed by atoms with Crippen LogP contribution in [0.2, 0.25) is 0 Å². The zero-order valence-corrected chi connectivity index (χ0v) is 13.3. The van der Waals surface area contributed by atoms with E-state index >= 15 is 0 Å². The van der Waals surface area contributed by atoms with Crippen LogP contribution in [-0.4, -0.2) is 29.6 Å². The van der Waals surface area contributed by atoms with Crippen LogP contribution in [0.3, 0.4) is 0 Å². The first-order valence-corrected chi connectivity index (χ1v) is 8.63. The number of piperidine rings is 1. The Morgan fingerprint density at radius 3 is 2.58 bits per heavy atom. The number of rotatable bonds is 6. The van der Waals surface area contributed by atoms with Gasteiger partial charge in [0.15, 0.2) is 0 Å². The highest BCUT2D eigenvalue weighted by Crippen LogP contribution is 2.42. The summed E-state index contributed by atoms with van der Waals surface area (Å²) in [4.78, 5) is 2.86. The number of nitrogens with two attached hydrogens (primary N) is 1. The van der Waals surface area contributed by atoms with Gasteiger partial charge in [0.2, 0.25) is 0 Å². The molecule has 1 heterocycles. The molecule has 2 heteroatoms. The van der Waals surface area contributed by atoms with Crippen molar-refractivity contribution in [2.45, 2.75) is 83.7 Å². The molecule has 112 valence electrons. The van der Waals surface area contributed by atoms with Gasteiger partial charge in [0.1, 0.15) is 0 Å². The molecule has 0 aromatic carbocycles. The standard InChI is InChI=1S/C17H34N2/c1-4-14(3)12-17(5-2,13-18)19-11-7-9-15-8-6-10-16(15)19/h14-16H,4-13,18H2,1-3H3. The molecule has 1 saturated heterocycles. The molecular formula is C17H34N2. The summed E-state index contributed by atoms with van der Waals surface area (Å²) in [6.07, 6.45) is 11.0. The van der Waals surface area contributed by atoms with Gasteiger partial charge in [0, 0.05) is 18.1 Å². The van der Waals surface area contributed by atoms with Crippen molar-refractivity contribution in [3.8, 4) is 0 Å². The van der Waals surface area contributed by atoms with Crippen LogP contribution in [0, 0.1) is 11.8 Å². The van der Waals surface area contributed by atoms with Crippen molar-refractivity contribution in [2.75, 3.05) is 13.1 Å². The maximum atomic E-state index is 6.29. The van der Waals surface area contributed by atoms with Gasteiger partial charge in [-0.25, -0.2) is 0 Å². The summed E-state index contributed by atoms with van der Waals surface area (Å²) < 4.78 is 0. The Kier molecular flexibility index (Phi) is 5.30. The van der Waals surface area contributed by atoms with Gasteiger partial charge in [-0.2, -0.15) is 0 Å². The Morgan fingerprint density at radius 2 is 1.95 bits per heavy atom. The molecule has 4 atom stereocenters. The molecular weight excluding hydrogens is 232 g/mol. The number of likely N-dealkylation sites (tertiary alicyclic amines) is 1. The fraction of sp³-hybridized carbons (Fsp3) is 1.00. The van der Waals surface area contributed by atoms with Crippen molar-refractivity contribution in [1.29, 1.82) is 0 Å². The van der Waals surface area contributed by atoms with Gasteiger partial charge < -0.3 is 5.73 Å². The predicted octanol–water partition coefficient (Wildman–Crippen LogP) is 3.79. The Balaban J connectivity index is 2.16. The maximum absolute atomic E-state index is 6.29. The number of hydrogen-bond donors (Lipinski definition) is 1. The van der Waals surface area contributed by atoms with E-state index in [1.54, 1.807) is 0 Å². The summed E-state index contributed by atoms with van der Waals surface area (Å²) in [7, 11) is 0. The van der Waals surface area contributed by atoms with E-state index in [1.807, 2.05) is 0 Å². The predicted molar refractivity (Wildman–Crippen MR) is 83.2 cm³/mol. The molecule has 0 aromatic rings. The lowest BCUT2D eigenvalue weighted by Crippen LogP contribution is -2.60. The van der Waals surface area contributed by atoms with Crippen LogP contribution >= 0.6 is 0 Å². The van der Waals surface area contributed by atoms with E-state index in [-0.39, 0.29) is 5.54 Å². The van der Waals surface area contributed by atoms with Gasteiger partial charge in [-0.05, 0) is 56.9 Å². The largest absolute Gasteiger partial charge is 0.329 e. The van der Waals surface area contributed by atoms with Crippen LogP contribution in [0.25, 0.3) is 0 Å². The average molecular weight is 266 g/mol. The SMILES string of the molecule is CCC(C)CC(CC)(CN)N1CCCC2CCCC21. The summed E-state index contributed by atoms with van der Waals surface area (Å²) >= 11 is 0. The molecule has 2 aliphatic rings. The minimum atomic E-state index is 0.281. The normalized spacial score (nSPS) is 32.8. The van der Waals surface area contributed by atoms with Crippen molar-refractivity contribution in [3.63, 3.8) is 0 Å². The van der Waals surface area contributed by atoms with Crippen molar-refractivity contribution in [1.82, 2.24) is 4.90 Å². The van der Waals surface area contributed by atoms with Gasteiger partial charge >= 0.3 is 0 Å². The zero-order chi connectivity index (χ0) is 13.9. The third kappa shape index (κ3) is 3.00. The molecule has 2 rings (SSSR count). The Labute approximate surface area is 120 Å². The summed E-state index contributed by atoms with van der Waals surface area (Å²) in [5, 5.41) is 0. The van der Waals surface area contributed by atoms with Crippen LogP contribution in [-0.2, 0) is 0 Å². The van der Waals surface area contributed by atoms with E-state index in [9.17, 15) is 0 Å². The van der Waals surface area contributed by atoms with Crippen LogP contribution in [0.15, 0.2) is 0 Å². The minimum Gasteiger partial charge on any atom is -0.329 e. The van der Waals surface area contributed by atoms with E-state index in [1.165, 1.54) is 57.9 Å². The van der Waals surface area contributed by atoms with E-state index in [4.69, 9.17) is 5.73 Å². The monoisotopic (exact) mass is 266 g/mol. The Hall–Kier alpha value is -0.0800. The molecule has 2 nitrogen and oxygen atoms in total. The van der Waals surface area contributed by atoms with Gasteiger partial charge in [-0.15, -0.1) is 0 Å². The van der Waals surface area contributed by atoms with E-state index in [0.717, 1.165) is 24.4 Å². The fourth-order valence-electron chi connectivity index (χ4n) is 4.65. The van der Waals surface area contributed by atoms with Crippen LogP contribution in [0.4, 0.5) is 0 Å². The topological polar surface area (TPSA) is 29.3 Å². The van der Waals surface area contributed by atoms with Gasteiger partial charge in [-0.1, -0.05) is 33.6 Å². The van der Waals surface area contributed by atoms with Crippen molar-refractivity contribution < 1.29 is 0 Å². The highest BCUT2D eigenvalue weighted by atomic mass is 15.2. The maximum Gasteiger partial charge on any atom is 0.0334 e. The minimum absolute atomic E-state index is 0.281. The second-order valence-electron chi connectivity index (χ2n) is 7.09. The molecule has 0 amide bonds. The molecule has 4 unspecified atom stereocenters. The molecule has 0 radical (unpaired) electrons. The molecule has 1 aliphatic carbocycles. The quantitative estimate of drug-likeness (QED) is 0.792. The van der Waals surface area contributed by atoms with Crippen LogP contribution in [0.1, 0.15) is 72.1 Å². The average Bonchev–Trinajstić information content (AvgIpc) is 2.93. The highest BCUT2D eigenvalue weighted by Gasteiger charge is 2.44. The lowest BCUT2D eigenvalue weighted by Gasteiger charge is -2.51. The van der Waals surface area contributed by atoms with E-state index in [2.05, 4.69) is 25.7 Å². The summed E-state index contributed by atoms with van der Waals surface area (Å²) in [6, 6.07) is 0.848. The summed E-state index contributed by atoms with van der Waals surface area (Å²) in [5.41, 5.74) is 6.57. The van der Waals surface area contributed by atoms with E-state index < -0.39 is 0 Å². The van der Waals surface area contributed by atoms with Crippen molar-refractivity contribution in [3.05, 3.63) is 0 Å². The molecule has 0 aromatic heterocycles. The van der Waals surface area contributed by atoms with Crippen molar-refractivity contribution >= 4 is 0 Å². The number of nitrogens with zero attached hydrogens (tertiary/aromatic N) is 1. The number of fused-ring (bicyclic) bond motifs is 1. The Bertz CT molecular complexity index is 272. The molecule has 1 aliphatic heterocycles. The fourth-order valence-corrected chi connectivity index (χ4v) is 4.65. The molecule has 0 bridgehead atoms. The van der Waals surface area contributed by atoms with Crippen molar-refractivity contribution in [2.24, 2.45) is 17.6 Å². The van der Waals surface area contributed by atoms with Gasteiger partial charge in [-0.3, -0.25) is 4.90 Å². The van der Waals surface area contributed by atoms with Crippen LogP contribution in [0.5, 0.6) is 0 Å². The molecule has 2 N–H and O–H groups in total. The first-order valence-electron chi connectivity index (χ1n) is 8.63. The first-order chi connectivity index (χ1) is 9.16. The molecule has 0 spiro atoms. The summed E-state index contributed by atoms with van der Waals surface area (Å²) in [5.74, 6) is 1.77. The third-order valence-electron chi connectivity index (χ3n) is 6.07. The number of hydrogen-bond acceptors (Lipinski definition) is 2. The van der Waals surface area contributed by atoms with Gasteiger partial charge in [0.25, 0.3) is 0 Å². The summed E-state index contributed by atoms with van der Waals surface area (Å²) in [6.45, 7) is 9.21. The lowest BCUT2D eigenvalue weighted by atomic mass is 9.79. The highest BCUT2D eigenvalue weighted by molar-refractivity contribution is 5.00. The van der Waals surface area contributed by atoms with Crippen LogP contribution < -0.4 is 5.73 Å². The second kappa shape index (κ2) is 6.58. The molecule has 1 saturated carbocycles. The van der Waals surface area contributed by atoms with Gasteiger partial charge in [0.05, 0.1) is 0 Å². The lowest BCUT2D eigenvalue weighted by molar-refractivity contribution is -0.0125. The Morgan fingerprint density at radius 1 is 1.21 bits per heavy atom. The smallest absolute Gasteiger partial charge is 0.0334 e. The molecule has 19 heavy (non-hydrogen) atoms. The zero-order valence-electron chi connectivity index (χ0n) is 13.3. The molecule has 2 fully saturated rings. The second-order valence-corrected chi connectivity index (χ2v) is 7.09. The third-order valence-corrected chi connectivity index (χ3v) is 6.07. The first kappa shape index (κ1) is 15.3. The van der Waals surface area contributed by atoms with E-state index in [0.29, 0.717) is 0 Å².